The summed E-state index contributed by atoms with van der Waals surface area (Å²) in [7, 11) is 0. The number of rotatable bonds is 6. The number of halogens is 1. The summed E-state index contributed by atoms with van der Waals surface area (Å²) in [6, 6.07) is 12.5. The lowest BCUT2D eigenvalue weighted by molar-refractivity contribution is -0.120. The summed E-state index contributed by atoms with van der Waals surface area (Å²) in [4.78, 5) is 23.5. The summed E-state index contributed by atoms with van der Waals surface area (Å²) in [6.45, 7) is 3.53. The number of ether oxygens (including phenoxy) is 1. The number of hydrogen-bond donors (Lipinski definition) is 2. The molecule has 2 aromatic rings. The van der Waals surface area contributed by atoms with Crippen molar-refractivity contribution in [1.82, 2.24) is 0 Å². The molecule has 0 bridgehead atoms. The Morgan fingerprint density at radius 2 is 2.04 bits per heavy atom. The van der Waals surface area contributed by atoms with Crippen molar-refractivity contribution in [2.24, 2.45) is 5.73 Å². The number of anilines is 1. The Hall–Kier alpha value is -3.11. The van der Waals surface area contributed by atoms with Crippen molar-refractivity contribution in [3.05, 3.63) is 63.1 Å². The van der Waals surface area contributed by atoms with Gasteiger partial charge in [0, 0.05) is 15.7 Å². The quantitative estimate of drug-likeness (QED) is 0.543. The average Bonchev–Trinajstić information content (AvgIpc) is 2.62. The Morgan fingerprint density at radius 1 is 1.30 bits per heavy atom. The molecule has 0 aromatic heterocycles. The van der Waals surface area contributed by atoms with E-state index in [1.54, 1.807) is 24.3 Å². The zero-order valence-corrected chi connectivity index (χ0v) is 16.5. The number of carbonyl (C=O) groups excluding carboxylic acids is 2. The highest BCUT2D eigenvalue weighted by molar-refractivity contribution is 9.10. The van der Waals surface area contributed by atoms with Gasteiger partial charge >= 0.3 is 0 Å². The first kappa shape index (κ1) is 20.2. The third kappa shape index (κ3) is 5.43. The predicted octanol–water partition coefficient (Wildman–Crippen LogP) is 3.48. The SMILES string of the molecule is Cc1cccc(NC(=O)/C(C#N)=C/c2cc(Br)ccc2OCC(N)=O)c1C. The van der Waals surface area contributed by atoms with Crippen LogP contribution >= 0.6 is 15.9 Å². The normalized spacial score (nSPS) is 10.8. The number of hydrogen-bond acceptors (Lipinski definition) is 4. The van der Waals surface area contributed by atoms with Gasteiger partial charge in [-0.2, -0.15) is 5.26 Å². The smallest absolute Gasteiger partial charge is 0.266 e. The standard InChI is InChI=1S/C20H18BrN3O3/c1-12-4-3-5-17(13(12)2)24-20(26)15(10-22)8-14-9-16(21)6-7-18(14)27-11-19(23)25/h3-9H,11H2,1-2H3,(H2,23,25)(H,24,26)/b15-8+. The molecule has 0 aliphatic rings. The van der Waals surface area contributed by atoms with Gasteiger partial charge in [-0.3, -0.25) is 9.59 Å². The maximum atomic E-state index is 12.5. The minimum atomic E-state index is -0.624. The van der Waals surface area contributed by atoms with E-state index in [0.29, 0.717) is 17.0 Å². The van der Waals surface area contributed by atoms with Gasteiger partial charge in [-0.25, -0.2) is 0 Å². The van der Waals surface area contributed by atoms with Gasteiger partial charge in [-0.1, -0.05) is 28.1 Å². The number of aryl methyl sites for hydroxylation is 1. The molecule has 2 aromatic carbocycles. The Bertz CT molecular complexity index is 961. The first-order chi connectivity index (χ1) is 12.8. The fourth-order valence-electron chi connectivity index (χ4n) is 2.29. The summed E-state index contributed by atoms with van der Waals surface area (Å²) >= 11 is 3.34. The molecule has 0 saturated heterocycles. The van der Waals surface area contributed by atoms with E-state index in [2.05, 4.69) is 21.2 Å². The van der Waals surface area contributed by atoms with E-state index in [9.17, 15) is 14.9 Å². The first-order valence-electron chi connectivity index (χ1n) is 8.02. The summed E-state index contributed by atoms with van der Waals surface area (Å²) in [5.74, 6) is -0.822. The largest absolute Gasteiger partial charge is 0.483 e. The summed E-state index contributed by atoms with van der Waals surface area (Å²) < 4.78 is 6.08. The molecule has 2 amide bonds. The molecule has 0 heterocycles. The van der Waals surface area contributed by atoms with E-state index in [1.165, 1.54) is 6.08 Å². The minimum absolute atomic E-state index is 0.0991. The number of nitrogens with one attached hydrogen (secondary N) is 1. The third-order valence-corrected chi connectivity index (χ3v) is 4.35. The topological polar surface area (TPSA) is 105 Å². The van der Waals surface area contributed by atoms with Crippen molar-refractivity contribution >= 4 is 39.5 Å². The van der Waals surface area contributed by atoms with Crippen molar-refractivity contribution < 1.29 is 14.3 Å². The monoisotopic (exact) mass is 427 g/mol. The maximum Gasteiger partial charge on any atom is 0.266 e. The summed E-state index contributed by atoms with van der Waals surface area (Å²) in [5.41, 5.74) is 8.07. The van der Waals surface area contributed by atoms with Gasteiger partial charge in [0.05, 0.1) is 0 Å². The average molecular weight is 428 g/mol. The third-order valence-electron chi connectivity index (χ3n) is 3.86. The molecule has 2 rings (SSSR count). The van der Waals surface area contributed by atoms with E-state index in [4.69, 9.17) is 10.5 Å². The second-order valence-electron chi connectivity index (χ2n) is 5.81. The second-order valence-corrected chi connectivity index (χ2v) is 6.72. The molecule has 0 saturated carbocycles. The van der Waals surface area contributed by atoms with Gasteiger partial charge in [0.25, 0.3) is 11.8 Å². The Morgan fingerprint density at radius 3 is 2.70 bits per heavy atom. The van der Waals surface area contributed by atoms with Crippen LogP contribution < -0.4 is 15.8 Å². The molecule has 138 valence electrons. The van der Waals surface area contributed by atoms with Crippen LogP contribution in [0.5, 0.6) is 5.75 Å². The molecule has 0 spiro atoms. The highest BCUT2D eigenvalue weighted by atomic mass is 79.9. The molecule has 0 atom stereocenters. The number of benzene rings is 2. The van der Waals surface area contributed by atoms with E-state index < -0.39 is 11.8 Å². The number of nitrogens with zero attached hydrogens (tertiary/aromatic N) is 1. The van der Waals surface area contributed by atoms with E-state index >= 15 is 0 Å². The van der Waals surface area contributed by atoms with Crippen LogP contribution in [0.1, 0.15) is 16.7 Å². The van der Waals surface area contributed by atoms with Crippen LogP contribution in [0.15, 0.2) is 46.4 Å². The number of nitriles is 1. The van der Waals surface area contributed by atoms with Crippen molar-refractivity contribution in [2.75, 3.05) is 11.9 Å². The number of primary amides is 1. The lowest BCUT2D eigenvalue weighted by Gasteiger charge is -2.11. The highest BCUT2D eigenvalue weighted by Crippen LogP contribution is 2.26. The molecular weight excluding hydrogens is 410 g/mol. The first-order valence-corrected chi connectivity index (χ1v) is 8.81. The van der Waals surface area contributed by atoms with Crippen molar-refractivity contribution in [3.8, 4) is 11.8 Å². The molecule has 0 radical (unpaired) electrons. The molecule has 27 heavy (non-hydrogen) atoms. The number of carbonyl (C=O) groups is 2. The highest BCUT2D eigenvalue weighted by Gasteiger charge is 2.13. The second kappa shape index (κ2) is 9.01. The summed E-state index contributed by atoms with van der Waals surface area (Å²) in [5, 5.41) is 12.2. The molecule has 6 nitrogen and oxygen atoms in total. The van der Waals surface area contributed by atoms with Gasteiger partial charge in [-0.15, -0.1) is 0 Å². The van der Waals surface area contributed by atoms with Crippen LogP contribution in [0.2, 0.25) is 0 Å². The minimum Gasteiger partial charge on any atom is -0.483 e. The van der Waals surface area contributed by atoms with Crippen LogP contribution in [-0.4, -0.2) is 18.4 Å². The molecule has 0 unspecified atom stereocenters. The van der Waals surface area contributed by atoms with Crippen molar-refractivity contribution in [2.45, 2.75) is 13.8 Å². The Balaban J connectivity index is 2.33. The molecule has 3 N–H and O–H groups in total. The van der Waals surface area contributed by atoms with Gasteiger partial charge in [0.1, 0.15) is 17.4 Å². The lowest BCUT2D eigenvalue weighted by atomic mass is 10.1. The van der Waals surface area contributed by atoms with Gasteiger partial charge < -0.3 is 15.8 Å². The van der Waals surface area contributed by atoms with E-state index in [1.807, 2.05) is 32.0 Å². The summed E-state index contributed by atoms with van der Waals surface area (Å²) in [6.07, 6.45) is 1.40. The number of nitrogens with two attached hydrogens (primary N) is 1. The van der Waals surface area contributed by atoms with Gasteiger partial charge in [-0.05, 0) is 55.3 Å². The molecule has 0 aliphatic carbocycles. The van der Waals surface area contributed by atoms with Crippen LogP contribution in [-0.2, 0) is 9.59 Å². The van der Waals surface area contributed by atoms with Crippen LogP contribution in [0.4, 0.5) is 5.69 Å². The fourth-order valence-corrected chi connectivity index (χ4v) is 2.67. The fraction of sp³-hybridized carbons (Fsp3) is 0.150. The Labute approximate surface area is 165 Å². The van der Waals surface area contributed by atoms with E-state index in [-0.39, 0.29) is 12.2 Å². The molecule has 0 fully saturated rings. The van der Waals surface area contributed by atoms with E-state index in [0.717, 1.165) is 15.6 Å². The molecule has 0 aliphatic heterocycles. The Kier molecular flexibility index (Phi) is 6.74. The van der Waals surface area contributed by atoms with Crippen LogP contribution in [0.25, 0.3) is 6.08 Å². The maximum absolute atomic E-state index is 12.5. The molecular formula is C20H18BrN3O3. The van der Waals surface area contributed by atoms with Crippen molar-refractivity contribution in [3.63, 3.8) is 0 Å². The van der Waals surface area contributed by atoms with Crippen molar-refractivity contribution in [1.29, 1.82) is 5.26 Å². The van der Waals surface area contributed by atoms with Crippen LogP contribution in [0, 0.1) is 25.2 Å². The zero-order chi connectivity index (χ0) is 20.0. The van der Waals surface area contributed by atoms with Gasteiger partial charge in [0.15, 0.2) is 6.61 Å². The zero-order valence-electron chi connectivity index (χ0n) is 14.9. The number of amides is 2. The predicted molar refractivity (Wildman–Crippen MR) is 107 cm³/mol. The van der Waals surface area contributed by atoms with Gasteiger partial charge in [0.2, 0.25) is 0 Å². The lowest BCUT2D eigenvalue weighted by Crippen LogP contribution is -2.20. The molecule has 7 heteroatoms. The van der Waals surface area contributed by atoms with Crippen LogP contribution in [0.3, 0.4) is 0 Å².